The number of ether oxygens (including phenoxy) is 1. The number of aryl methyl sites for hydroxylation is 1. The molecule has 0 unspecified atom stereocenters. The molecule has 0 bridgehead atoms. The number of anilines is 1. The third kappa shape index (κ3) is 6.02. The lowest BCUT2D eigenvalue weighted by Gasteiger charge is -2.18. The summed E-state index contributed by atoms with van der Waals surface area (Å²) in [6.07, 6.45) is 7.25. The molecule has 1 aliphatic rings. The molecular weight excluding hydrogens is 631 g/mol. The molecule has 2 heterocycles. The quantitative estimate of drug-likeness (QED) is 0.134. The van der Waals surface area contributed by atoms with Crippen molar-refractivity contribution in [1.82, 2.24) is 0 Å². The number of rotatable bonds is 9. The van der Waals surface area contributed by atoms with Gasteiger partial charge in [-0.2, -0.15) is 4.57 Å². The average Bonchev–Trinajstić information content (AvgIpc) is 3.54. The van der Waals surface area contributed by atoms with Crippen LogP contribution in [0.5, 0.6) is 5.75 Å². The molecule has 0 saturated heterocycles. The predicted molar refractivity (Wildman–Crippen MR) is 169 cm³/mol. The predicted octanol–water partition coefficient (Wildman–Crippen LogP) is 6.41. The Morgan fingerprint density at radius 1 is 0.762 bits per heavy atom. The maximum atomic E-state index is 6.44. The second kappa shape index (κ2) is 13.4. The van der Waals surface area contributed by atoms with E-state index in [1.165, 1.54) is 22.3 Å². The molecule has 5 aromatic rings. The third-order valence-corrected chi connectivity index (χ3v) is 7.60. The van der Waals surface area contributed by atoms with E-state index >= 15 is 0 Å². The second-order valence-electron chi connectivity index (χ2n) is 10.5. The van der Waals surface area contributed by atoms with E-state index in [1.54, 1.807) is 0 Å². The van der Waals surface area contributed by atoms with Gasteiger partial charge in [-0.25, -0.2) is 0 Å². The Kier molecular flexibility index (Phi) is 9.48. The molecule has 0 spiro atoms. The second-order valence-corrected chi connectivity index (χ2v) is 10.5. The van der Waals surface area contributed by atoms with Crippen molar-refractivity contribution in [2.24, 2.45) is 0 Å². The van der Waals surface area contributed by atoms with E-state index < -0.39 is 0 Å². The molecule has 4 nitrogen and oxygen atoms in total. The number of halogens is 1. The Hall–Kier alpha value is -3.84. The van der Waals surface area contributed by atoms with E-state index in [4.69, 9.17) is 9.15 Å². The number of hydrogen-bond donors (Lipinski definition) is 0. The van der Waals surface area contributed by atoms with Gasteiger partial charge >= 0.3 is 5.89 Å². The van der Waals surface area contributed by atoms with E-state index in [0.717, 1.165) is 72.2 Å². The lowest BCUT2D eigenvalue weighted by atomic mass is 10.0. The summed E-state index contributed by atoms with van der Waals surface area (Å²) >= 11 is 0. The lowest BCUT2D eigenvalue weighted by Crippen LogP contribution is -3.00. The van der Waals surface area contributed by atoms with Crippen LogP contribution in [0.3, 0.4) is 0 Å². The van der Waals surface area contributed by atoms with Gasteiger partial charge in [-0.1, -0.05) is 93.6 Å². The van der Waals surface area contributed by atoms with Crippen LogP contribution in [-0.2, 0) is 6.54 Å². The molecule has 0 saturated carbocycles. The zero-order valence-corrected chi connectivity index (χ0v) is 26.7. The fourth-order valence-electron chi connectivity index (χ4n) is 5.51. The van der Waals surface area contributed by atoms with Crippen molar-refractivity contribution in [3.05, 3.63) is 120 Å². The first-order chi connectivity index (χ1) is 20.2. The van der Waals surface area contributed by atoms with Crippen molar-refractivity contribution in [3.63, 3.8) is 0 Å². The third-order valence-electron chi connectivity index (χ3n) is 7.60. The highest BCUT2D eigenvalue weighted by Crippen LogP contribution is 2.42. The molecule has 42 heavy (non-hydrogen) atoms. The van der Waals surface area contributed by atoms with Crippen molar-refractivity contribution in [2.45, 2.75) is 46.6 Å². The van der Waals surface area contributed by atoms with Crippen LogP contribution in [0.25, 0.3) is 39.4 Å². The van der Waals surface area contributed by atoms with E-state index in [-0.39, 0.29) is 24.0 Å². The van der Waals surface area contributed by atoms with Crippen LogP contribution in [0.2, 0.25) is 0 Å². The molecule has 6 rings (SSSR count). The van der Waals surface area contributed by atoms with Crippen LogP contribution in [0, 0.1) is 0 Å². The van der Waals surface area contributed by atoms with E-state index in [1.807, 2.05) is 0 Å². The van der Waals surface area contributed by atoms with Gasteiger partial charge < -0.3 is 38.0 Å². The number of nitrogens with zero attached hydrogens (tertiary/aromatic N) is 2. The Balaban J connectivity index is 0.00000353. The van der Waals surface area contributed by atoms with Crippen molar-refractivity contribution in [3.8, 4) is 28.0 Å². The van der Waals surface area contributed by atoms with Crippen molar-refractivity contribution >= 4 is 22.9 Å². The SMILES string of the molecule is CCCN1/C(=C/C(=C\c2oc3ccc(-c4ccccc4)cc3[n+]2CCC)CC)Oc2ccc(-c3ccccc3)cc21.[I-]. The van der Waals surface area contributed by atoms with Gasteiger partial charge in [0.15, 0.2) is 12.3 Å². The number of oxazole rings is 1. The molecule has 0 fully saturated rings. The molecule has 0 atom stereocenters. The molecule has 4 aromatic carbocycles. The first kappa shape index (κ1) is 29.6. The maximum absolute atomic E-state index is 6.44. The normalized spacial score (nSPS) is 13.7. The smallest absolute Gasteiger partial charge is 0.374 e. The number of fused-ring (bicyclic) bond motifs is 2. The average molecular weight is 669 g/mol. The van der Waals surface area contributed by atoms with Gasteiger partial charge in [0.1, 0.15) is 0 Å². The van der Waals surface area contributed by atoms with Crippen molar-refractivity contribution in [1.29, 1.82) is 0 Å². The number of benzene rings is 4. The summed E-state index contributed by atoms with van der Waals surface area (Å²) in [7, 11) is 0. The molecule has 0 aliphatic carbocycles. The molecule has 1 aliphatic heterocycles. The van der Waals surface area contributed by atoms with Crippen LogP contribution in [0.15, 0.2) is 119 Å². The van der Waals surface area contributed by atoms with E-state index in [2.05, 4.69) is 139 Å². The minimum atomic E-state index is 0. The summed E-state index contributed by atoms with van der Waals surface area (Å²) in [4.78, 5) is 2.30. The Bertz CT molecular complexity index is 1720. The van der Waals surface area contributed by atoms with E-state index in [9.17, 15) is 0 Å². The standard InChI is InChI=1S/C37H37N2O2.HI/c1-4-21-38-32-25-30(28-13-9-7-10-14-28)17-19-34(32)40-36(38)23-27(6-3)24-37-39(22-5-2)33-26-31(18-20-35(33)41-37)29-15-11-8-12-16-29;/h7-20,23-26H,4-6,21-22H2,1-3H3;1H/q+1;/p-1. The van der Waals surface area contributed by atoms with Crippen LogP contribution in [0.1, 0.15) is 45.9 Å². The Morgan fingerprint density at radius 3 is 2.07 bits per heavy atom. The number of aromatic nitrogens is 1. The number of hydrogen-bond acceptors (Lipinski definition) is 3. The summed E-state index contributed by atoms with van der Waals surface area (Å²) in [5, 5.41) is 0. The summed E-state index contributed by atoms with van der Waals surface area (Å²) < 4.78 is 15.2. The zero-order chi connectivity index (χ0) is 28.2. The van der Waals surface area contributed by atoms with Gasteiger partial charge in [-0.15, -0.1) is 0 Å². The van der Waals surface area contributed by atoms with Crippen LogP contribution >= 0.6 is 0 Å². The molecular formula is C37H37IN2O2. The fourth-order valence-corrected chi connectivity index (χ4v) is 5.51. The summed E-state index contributed by atoms with van der Waals surface area (Å²) in [6, 6.07) is 34.0. The van der Waals surface area contributed by atoms with Gasteiger partial charge in [0.05, 0.1) is 11.8 Å². The largest absolute Gasteiger partial charge is 1.00 e. The van der Waals surface area contributed by atoms with Crippen LogP contribution in [0.4, 0.5) is 5.69 Å². The molecule has 214 valence electrons. The zero-order valence-electron chi connectivity index (χ0n) is 24.5. The summed E-state index contributed by atoms with van der Waals surface area (Å²) in [6.45, 7) is 8.37. The van der Waals surface area contributed by atoms with Gasteiger partial charge in [-0.05, 0) is 58.9 Å². The highest BCUT2D eigenvalue weighted by Gasteiger charge is 2.27. The highest BCUT2D eigenvalue weighted by atomic mass is 127. The Morgan fingerprint density at radius 2 is 1.43 bits per heavy atom. The van der Waals surface area contributed by atoms with Gasteiger partial charge in [-0.3, -0.25) is 0 Å². The van der Waals surface area contributed by atoms with Gasteiger partial charge in [0.25, 0.3) is 5.52 Å². The summed E-state index contributed by atoms with van der Waals surface area (Å²) in [5.74, 6) is 2.63. The van der Waals surface area contributed by atoms with Crippen LogP contribution in [-0.4, -0.2) is 6.54 Å². The molecule has 1 aromatic heterocycles. The van der Waals surface area contributed by atoms with Crippen molar-refractivity contribution < 1.29 is 37.7 Å². The topological polar surface area (TPSA) is 29.5 Å². The molecule has 0 amide bonds. The monoisotopic (exact) mass is 668 g/mol. The summed E-state index contributed by atoms with van der Waals surface area (Å²) in [5.41, 5.74) is 9.10. The van der Waals surface area contributed by atoms with Gasteiger partial charge in [0, 0.05) is 25.1 Å². The number of allylic oxidation sites excluding steroid dienone is 2. The first-order valence-electron chi connectivity index (χ1n) is 14.8. The maximum Gasteiger partial charge on any atom is 0.374 e. The van der Waals surface area contributed by atoms with Crippen molar-refractivity contribution in [2.75, 3.05) is 11.4 Å². The van der Waals surface area contributed by atoms with Gasteiger partial charge in [0.2, 0.25) is 11.5 Å². The Labute approximate surface area is 266 Å². The molecule has 0 N–H and O–H groups in total. The minimum Gasteiger partial charge on any atom is -1.00 e. The fraction of sp³-hybridized carbons (Fsp3) is 0.216. The molecule has 5 heteroatoms. The van der Waals surface area contributed by atoms with E-state index in [0.29, 0.717) is 0 Å². The van der Waals surface area contributed by atoms with Crippen LogP contribution < -0.4 is 38.2 Å². The lowest BCUT2D eigenvalue weighted by molar-refractivity contribution is -0.678. The first-order valence-corrected chi connectivity index (χ1v) is 14.8. The minimum absolute atomic E-state index is 0. The highest BCUT2D eigenvalue weighted by molar-refractivity contribution is 5.79. The molecule has 0 radical (unpaired) electrons.